The molecule has 0 bridgehead atoms. The molecule has 0 aromatic carbocycles. The molecule has 2 aromatic heterocycles. The molecular weight excluding hydrogens is 295 g/mol. The Morgan fingerprint density at radius 2 is 2.15 bits per heavy atom. The van der Waals surface area contributed by atoms with E-state index in [0.717, 1.165) is 36.0 Å². The largest absolute Gasteiger partial charge is 0.311 e. The van der Waals surface area contributed by atoms with Gasteiger partial charge in [0, 0.05) is 44.1 Å². The van der Waals surface area contributed by atoms with E-state index in [9.17, 15) is 0 Å². The second-order valence-corrected chi connectivity index (χ2v) is 5.87. The molecule has 110 valence electrons. The molecule has 0 amide bonds. The Labute approximate surface area is 130 Å². The fraction of sp³-hybridized carbons (Fsp3) is 0.500. The molecule has 1 saturated heterocycles. The molecule has 2 atom stereocenters. The average Bonchev–Trinajstić information content (AvgIpc) is 2.75. The quantitative estimate of drug-likeness (QED) is 0.924. The number of hydrogen-bond donors (Lipinski definition) is 1. The molecule has 2 unspecified atom stereocenters. The standard InChI is InChI=1S/C14H19ClN4.ClH/c1-10-6-18(11(2)5-16-10)8-13-9-19-7-12(15)3-4-14(19)17-13;/h3-4,7,9-11,16H,5-6,8H2,1-2H3;1H. The van der Waals surface area contributed by atoms with Crippen molar-refractivity contribution in [1.82, 2.24) is 19.6 Å². The monoisotopic (exact) mass is 314 g/mol. The van der Waals surface area contributed by atoms with Crippen LogP contribution in [0.1, 0.15) is 19.5 Å². The Balaban J connectivity index is 0.00000147. The SMILES string of the molecule is CC1CN(Cc2cn3cc(Cl)ccc3n2)C(C)CN1.Cl. The van der Waals surface area contributed by atoms with Gasteiger partial charge in [-0.15, -0.1) is 12.4 Å². The summed E-state index contributed by atoms with van der Waals surface area (Å²) in [7, 11) is 0. The molecular formula is C14H20Cl2N4. The van der Waals surface area contributed by atoms with Crippen molar-refractivity contribution in [3.63, 3.8) is 0 Å². The number of nitrogens with zero attached hydrogens (tertiary/aromatic N) is 3. The predicted octanol–water partition coefficient (Wildman–Crippen LogP) is 2.59. The zero-order chi connectivity index (χ0) is 13.4. The summed E-state index contributed by atoms with van der Waals surface area (Å²) in [6.07, 6.45) is 3.97. The Hall–Kier alpha value is -0.810. The van der Waals surface area contributed by atoms with Crippen LogP contribution in [0.2, 0.25) is 5.02 Å². The summed E-state index contributed by atoms with van der Waals surface area (Å²) in [5.41, 5.74) is 2.05. The van der Waals surface area contributed by atoms with Gasteiger partial charge in [-0.3, -0.25) is 4.90 Å². The fourth-order valence-electron chi connectivity index (χ4n) is 2.62. The van der Waals surface area contributed by atoms with Gasteiger partial charge < -0.3 is 9.72 Å². The Morgan fingerprint density at radius 1 is 1.35 bits per heavy atom. The first-order chi connectivity index (χ1) is 9.11. The molecule has 3 heterocycles. The highest BCUT2D eigenvalue weighted by molar-refractivity contribution is 6.30. The molecule has 4 nitrogen and oxygen atoms in total. The van der Waals surface area contributed by atoms with E-state index < -0.39 is 0 Å². The van der Waals surface area contributed by atoms with E-state index in [1.54, 1.807) is 0 Å². The van der Waals surface area contributed by atoms with Crippen molar-refractivity contribution < 1.29 is 0 Å². The van der Waals surface area contributed by atoms with E-state index in [1.165, 1.54) is 0 Å². The molecule has 0 radical (unpaired) electrons. The van der Waals surface area contributed by atoms with Crippen molar-refractivity contribution in [2.45, 2.75) is 32.5 Å². The molecule has 20 heavy (non-hydrogen) atoms. The van der Waals surface area contributed by atoms with Crippen LogP contribution >= 0.6 is 24.0 Å². The highest BCUT2D eigenvalue weighted by Crippen LogP contribution is 2.15. The Bertz CT molecular complexity index is 584. The maximum atomic E-state index is 5.99. The van der Waals surface area contributed by atoms with Crippen LogP contribution in [0.3, 0.4) is 0 Å². The van der Waals surface area contributed by atoms with Gasteiger partial charge in [-0.1, -0.05) is 11.6 Å². The maximum absolute atomic E-state index is 5.99. The molecule has 0 spiro atoms. The van der Waals surface area contributed by atoms with Crippen LogP contribution in [0.25, 0.3) is 5.65 Å². The van der Waals surface area contributed by atoms with Crippen LogP contribution in [0.15, 0.2) is 24.5 Å². The van der Waals surface area contributed by atoms with E-state index in [2.05, 4.69) is 35.2 Å². The number of rotatable bonds is 2. The van der Waals surface area contributed by atoms with Gasteiger partial charge in [0.25, 0.3) is 0 Å². The lowest BCUT2D eigenvalue weighted by Crippen LogP contribution is -2.53. The van der Waals surface area contributed by atoms with Gasteiger partial charge >= 0.3 is 0 Å². The minimum atomic E-state index is 0. The van der Waals surface area contributed by atoms with Crippen LogP contribution in [-0.2, 0) is 6.54 Å². The highest BCUT2D eigenvalue weighted by Gasteiger charge is 2.22. The van der Waals surface area contributed by atoms with Crippen molar-refractivity contribution in [3.8, 4) is 0 Å². The number of aromatic nitrogens is 2. The molecule has 3 rings (SSSR count). The summed E-state index contributed by atoms with van der Waals surface area (Å²) < 4.78 is 1.99. The Kier molecular flexibility index (Phi) is 4.91. The number of piperazine rings is 1. The van der Waals surface area contributed by atoms with Gasteiger partial charge in [-0.05, 0) is 26.0 Å². The van der Waals surface area contributed by atoms with Crippen LogP contribution in [0.4, 0.5) is 0 Å². The molecule has 1 aliphatic rings. The molecule has 1 aliphatic heterocycles. The second kappa shape index (κ2) is 6.31. The third-order valence-corrected chi connectivity index (χ3v) is 3.95. The van der Waals surface area contributed by atoms with Crippen LogP contribution in [0, 0.1) is 0 Å². The number of nitrogens with one attached hydrogen (secondary N) is 1. The summed E-state index contributed by atoms with van der Waals surface area (Å²) >= 11 is 5.99. The fourth-order valence-corrected chi connectivity index (χ4v) is 2.79. The smallest absolute Gasteiger partial charge is 0.137 e. The van der Waals surface area contributed by atoms with Gasteiger partial charge in [-0.25, -0.2) is 4.98 Å². The molecule has 0 saturated carbocycles. The summed E-state index contributed by atoms with van der Waals surface area (Å²) in [4.78, 5) is 7.13. The van der Waals surface area contributed by atoms with Crippen LogP contribution in [-0.4, -0.2) is 39.5 Å². The van der Waals surface area contributed by atoms with E-state index >= 15 is 0 Å². The lowest BCUT2D eigenvalue weighted by atomic mass is 10.1. The molecule has 1 fully saturated rings. The molecule has 2 aromatic rings. The molecule has 1 N–H and O–H groups in total. The summed E-state index contributed by atoms with van der Waals surface area (Å²) in [6.45, 7) is 7.48. The van der Waals surface area contributed by atoms with Crippen molar-refractivity contribution in [2.75, 3.05) is 13.1 Å². The third-order valence-electron chi connectivity index (χ3n) is 3.72. The van der Waals surface area contributed by atoms with Crippen molar-refractivity contribution in [1.29, 1.82) is 0 Å². The minimum Gasteiger partial charge on any atom is -0.311 e. The number of hydrogen-bond acceptors (Lipinski definition) is 3. The first-order valence-corrected chi connectivity index (χ1v) is 7.10. The van der Waals surface area contributed by atoms with Gasteiger partial charge in [0.05, 0.1) is 10.7 Å². The lowest BCUT2D eigenvalue weighted by Gasteiger charge is -2.37. The zero-order valence-corrected chi connectivity index (χ0v) is 13.3. The molecule has 0 aliphatic carbocycles. The zero-order valence-electron chi connectivity index (χ0n) is 11.7. The first-order valence-electron chi connectivity index (χ1n) is 6.72. The number of pyridine rings is 1. The average molecular weight is 315 g/mol. The van der Waals surface area contributed by atoms with E-state index in [0.29, 0.717) is 12.1 Å². The van der Waals surface area contributed by atoms with Gasteiger partial charge in [-0.2, -0.15) is 0 Å². The summed E-state index contributed by atoms with van der Waals surface area (Å²) in [5, 5.41) is 4.23. The second-order valence-electron chi connectivity index (χ2n) is 5.43. The van der Waals surface area contributed by atoms with E-state index in [-0.39, 0.29) is 12.4 Å². The lowest BCUT2D eigenvalue weighted by molar-refractivity contribution is 0.137. The van der Waals surface area contributed by atoms with Gasteiger partial charge in [0.2, 0.25) is 0 Å². The van der Waals surface area contributed by atoms with Crippen LogP contribution in [0.5, 0.6) is 0 Å². The van der Waals surface area contributed by atoms with Crippen LogP contribution < -0.4 is 5.32 Å². The third kappa shape index (κ3) is 3.26. The Morgan fingerprint density at radius 3 is 2.95 bits per heavy atom. The number of halogens is 2. The summed E-state index contributed by atoms with van der Waals surface area (Å²) in [6, 6.07) is 4.92. The first kappa shape index (κ1) is 15.6. The van der Waals surface area contributed by atoms with Crippen molar-refractivity contribution in [2.24, 2.45) is 0 Å². The predicted molar refractivity (Wildman–Crippen MR) is 84.8 cm³/mol. The molecule has 6 heteroatoms. The summed E-state index contributed by atoms with van der Waals surface area (Å²) in [5.74, 6) is 0. The maximum Gasteiger partial charge on any atom is 0.137 e. The normalized spacial score (nSPS) is 23.8. The van der Waals surface area contributed by atoms with Gasteiger partial charge in [0.1, 0.15) is 5.65 Å². The van der Waals surface area contributed by atoms with E-state index in [1.807, 2.05) is 22.7 Å². The highest BCUT2D eigenvalue weighted by atomic mass is 35.5. The van der Waals surface area contributed by atoms with E-state index in [4.69, 9.17) is 11.6 Å². The topological polar surface area (TPSA) is 32.6 Å². The van der Waals surface area contributed by atoms with Crippen molar-refractivity contribution in [3.05, 3.63) is 35.2 Å². The number of imidazole rings is 1. The minimum absolute atomic E-state index is 0. The number of fused-ring (bicyclic) bond motifs is 1. The van der Waals surface area contributed by atoms with Gasteiger partial charge in [0.15, 0.2) is 0 Å². The van der Waals surface area contributed by atoms with Crippen molar-refractivity contribution >= 4 is 29.7 Å².